The minimum atomic E-state index is -1.02. The highest BCUT2D eigenvalue weighted by Gasteiger charge is 2.30. The fraction of sp³-hybridized carbons (Fsp3) is 0.667. The van der Waals surface area contributed by atoms with Crippen molar-refractivity contribution in [3.8, 4) is 0 Å². The zero-order valence-corrected chi connectivity index (χ0v) is 11.3. The summed E-state index contributed by atoms with van der Waals surface area (Å²) >= 11 is 0. The number of rotatable bonds is 5. The number of nitrogens with zero attached hydrogens (tertiary/aromatic N) is 3. The summed E-state index contributed by atoms with van der Waals surface area (Å²) in [5, 5.41) is 19.1. The minimum Gasteiger partial charge on any atom is -0.479 e. The molecule has 1 saturated carbocycles. The van der Waals surface area contributed by atoms with Gasteiger partial charge in [0.15, 0.2) is 6.10 Å². The molecular formula is C12H16N4O5. The number of nitrogens with one attached hydrogen (secondary N) is 1. The maximum absolute atomic E-state index is 11.9. The molecule has 9 heteroatoms. The standard InChI is InChI=1S/C12H16N4O5/c17-9(6-16-3-4-20-8(5-16)11(18)19)13-12-15-14-10(21-12)7-1-2-7/h7-8H,1-6H2,(H,18,19)(H,13,15,17). The number of ether oxygens (including phenoxy) is 1. The second-order valence-corrected chi connectivity index (χ2v) is 5.20. The summed E-state index contributed by atoms with van der Waals surface area (Å²) in [6.45, 7) is 1.04. The second-order valence-electron chi connectivity index (χ2n) is 5.20. The molecule has 0 radical (unpaired) electrons. The number of amides is 1. The fourth-order valence-electron chi connectivity index (χ4n) is 2.14. The molecule has 0 spiro atoms. The van der Waals surface area contributed by atoms with Crippen LogP contribution in [-0.4, -0.2) is 64.4 Å². The summed E-state index contributed by atoms with van der Waals surface area (Å²) in [6.07, 6.45) is 1.19. The molecule has 1 aliphatic carbocycles. The van der Waals surface area contributed by atoms with Crippen LogP contribution >= 0.6 is 0 Å². The van der Waals surface area contributed by atoms with Crippen molar-refractivity contribution in [2.45, 2.75) is 24.9 Å². The largest absolute Gasteiger partial charge is 0.479 e. The predicted octanol–water partition coefficient (Wildman–Crippen LogP) is -0.329. The Labute approximate surface area is 120 Å². The summed E-state index contributed by atoms with van der Waals surface area (Å²) in [6, 6.07) is 0.0879. The van der Waals surface area contributed by atoms with Crippen LogP contribution in [0.2, 0.25) is 0 Å². The van der Waals surface area contributed by atoms with E-state index in [4.69, 9.17) is 14.3 Å². The van der Waals surface area contributed by atoms with Crippen LogP contribution in [0.1, 0.15) is 24.7 Å². The molecule has 1 saturated heterocycles. The minimum absolute atomic E-state index is 0.0638. The number of carbonyl (C=O) groups is 2. The van der Waals surface area contributed by atoms with E-state index < -0.39 is 12.1 Å². The number of hydrogen-bond donors (Lipinski definition) is 2. The summed E-state index contributed by atoms with van der Waals surface area (Å²) in [7, 11) is 0. The SMILES string of the molecule is O=C(CN1CCOC(C(=O)O)C1)Nc1nnc(C2CC2)o1. The second kappa shape index (κ2) is 5.78. The van der Waals surface area contributed by atoms with Gasteiger partial charge in [0.05, 0.1) is 13.2 Å². The maximum Gasteiger partial charge on any atom is 0.334 e. The molecule has 2 fully saturated rings. The Morgan fingerprint density at radius 2 is 2.19 bits per heavy atom. The van der Waals surface area contributed by atoms with Gasteiger partial charge in [-0.2, -0.15) is 0 Å². The molecule has 1 aliphatic heterocycles. The molecule has 3 rings (SSSR count). The average molecular weight is 296 g/mol. The van der Waals surface area contributed by atoms with Crippen molar-refractivity contribution in [2.75, 3.05) is 31.6 Å². The monoisotopic (exact) mass is 296 g/mol. The van der Waals surface area contributed by atoms with Gasteiger partial charge in [-0.15, -0.1) is 5.10 Å². The summed E-state index contributed by atoms with van der Waals surface area (Å²) in [5.41, 5.74) is 0. The highest BCUT2D eigenvalue weighted by Crippen LogP contribution is 2.39. The van der Waals surface area contributed by atoms with Crippen molar-refractivity contribution < 1.29 is 23.8 Å². The van der Waals surface area contributed by atoms with Crippen molar-refractivity contribution in [3.63, 3.8) is 0 Å². The molecule has 1 unspecified atom stereocenters. The number of aliphatic carboxylic acids is 1. The molecule has 0 aromatic carbocycles. The molecule has 0 bridgehead atoms. The molecule has 1 aromatic rings. The summed E-state index contributed by atoms with van der Waals surface area (Å²) < 4.78 is 10.4. The van der Waals surface area contributed by atoms with Gasteiger partial charge in [0.2, 0.25) is 11.8 Å². The van der Waals surface area contributed by atoms with E-state index in [1.807, 2.05) is 0 Å². The molecule has 2 N–H and O–H groups in total. The molecule has 1 aromatic heterocycles. The number of anilines is 1. The van der Waals surface area contributed by atoms with E-state index in [1.54, 1.807) is 4.90 Å². The van der Waals surface area contributed by atoms with Gasteiger partial charge < -0.3 is 14.3 Å². The van der Waals surface area contributed by atoms with Crippen molar-refractivity contribution in [2.24, 2.45) is 0 Å². The molecule has 21 heavy (non-hydrogen) atoms. The molecule has 2 aliphatic rings. The first-order chi connectivity index (χ1) is 10.1. The van der Waals surface area contributed by atoms with Gasteiger partial charge in [0.25, 0.3) is 0 Å². The Balaban J connectivity index is 1.49. The first-order valence-corrected chi connectivity index (χ1v) is 6.82. The zero-order valence-electron chi connectivity index (χ0n) is 11.3. The number of hydrogen-bond acceptors (Lipinski definition) is 7. The molecule has 2 heterocycles. The van der Waals surface area contributed by atoms with Gasteiger partial charge in [0, 0.05) is 19.0 Å². The lowest BCUT2D eigenvalue weighted by molar-refractivity contribution is -0.156. The highest BCUT2D eigenvalue weighted by atomic mass is 16.5. The third-order valence-corrected chi connectivity index (χ3v) is 3.41. The van der Waals surface area contributed by atoms with E-state index in [2.05, 4.69) is 15.5 Å². The number of carboxylic acids is 1. The average Bonchev–Trinajstić information content (AvgIpc) is 3.20. The lowest BCUT2D eigenvalue weighted by atomic mass is 10.2. The van der Waals surface area contributed by atoms with Crippen molar-refractivity contribution in [1.29, 1.82) is 0 Å². The van der Waals surface area contributed by atoms with E-state index in [9.17, 15) is 9.59 Å². The van der Waals surface area contributed by atoms with Crippen LogP contribution in [0.15, 0.2) is 4.42 Å². The van der Waals surface area contributed by atoms with Gasteiger partial charge in [-0.1, -0.05) is 5.10 Å². The van der Waals surface area contributed by atoms with E-state index in [0.29, 0.717) is 18.4 Å². The molecule has 114 valence electrons. The van der Waals surface area contributed by atoms with Crippen molar-refractivity contribution in [3.05, 3.63) is 5.89 Å². The third kappa shape index (κ3) is 3.56. The summed E-state index contributed by atoms with van der Waals surface area (Å²) in [4.78, 5) is 24.5. The number of carboxylic acid groups (broad SMARTS) is 1. The number of carbonyl (C=O) groups excluding carboxylic acids is 1. The van der Waals surface area contributed by atoms with Crippen LogP contribution in [0.5, 0.6) is 0 Å². The Morgan fingerprint density at radius 1 is 1.38 bits per heavy atom. The Kier molecular flexibility index (Phi) is 3.84. The van der Waals surface area contributed by atoms with E-state index in [-0.39, 0.29) is 31.6 Å². The third-order valence-electron chi connectivity index (χ3n) is 3.41. The first kappa shape index (κ1) is 14.0. The van der Waals surface area contributed by atoms with Crippen LogP contribution in [0.4, 0.5) is 6.01 Å². The lowest BCUT2D eigenvalue weighted by Gasteiger charge is -2.29. The van der Waals surface area contributed by atoms with E-state index in [1.165, 1.54) is 0 Å². The Morgan fingerprint density at radius 3 is 2.90 bits per heavy atom. The van der Waals surface area contributed by atoms with E-state index in [0.717, 1.165) is 12.8 Å². The predicted molar refractivity (Wildman–Crippen MR) is 68.7 cm³/mol. The van der Waals surface area contributed by atoms with Crippen molar-refractivity contribution >= 4 is 17.9 Å². The normalized spacial score (nSPS) is 23.0. The van der Waals surface area contributed by atoms with Gasteiger partial charge in [-0.05, 0) is 12.8 Å². The van der Waals surface area contributed by atoms with Crippen molar-refractivity contribution in [1.82, 2.24) is 15.1 Å². The van der Waals surface area contributed by atoms with Crippen LogP contribution < -0.4 is 5.32 Å². The highest BCUT2D eigenvalue weighted by molar-refractivity contribution is 5.90. The molecule has 9 nitrogen and oxygen atoms in total. The van der Waals surface area contributed by atoms with Gasteiger partial charge >= 0.3 is 12.0 Å². The first-order valence-electron chi connectivity index (χ1n) is 6.82. The van der Waals surface area contributed by atoms with Gasteiger partial charge in [-0.25, -0.2) is 4.79 Å². The topological polar surface area (TPSA) is 118 Å². The number of aromatic nitrogens is 2. The van der Waals surface area contributed by atoms with Gasteiger partial charge in [0.1, 0.15) is 0 Å². The molecule has 1 amide bonds. The van der Waals surface area contributed by atoms with Gasteiger partial charge in [-0.3, -0.25) is 15.0 Å². The molecule has 1 atom stereocenters. The Bertz CT molecular complexity index is 542. The van der Waals surface area contributed by atoms with Crippen LogP contribution in [0.3, 0.4) is 0 Å². The summed E-state index contributed by atoms with van der Waals surface area (Å²) in [5.74, 6) is -0.445. The Hall–Kier alpha value is -2.00. The van der Waals surface area contributed by atoms with Crippen LogP contribution in [-0.2, 0) is 14.3 Å². The van der Waals surface area contributed by atoms with Crippen LogP contribution in [0, 0.1) is 0 Å². The number of morpholine rings is 1. The zero-order chi connectivity index (χ0) is 14.8. The maximum atomic E-state index is 11.9. The lowest BCUT2D eigenvalue weighted by Crippen LogP contribution is -2.48. The van der Waals surface area contributed by atoms with E-state index >= 15 is 0 Å². The van der Waals surface area contributed by atoms with Crippen LogP contribution in [0.25, 0.3) is 0 Å². The molecular weight excluding hydrogens is 280 g/mol. The smallest absolute Gasteiger partial charge is 0.334 e. The fourth-order valence-corrected chi connectivity index (χ4v) is 2.14. The quantitative estimate of drug-likeness (QED) is 0.758.